The monoisotopic (exact) mass is 463 g/mol. The number of alkyl halides is 3. The molecule has 0 aliphatic carbocycles. The molecule has 1 fully saturated rings. The number of piperidine rings is 1. The van der Waals surface area contributed by atoms with Crippen molar-refractivity contribution in [3.05, 3.63) is 59.0 Å². The van der Waals surface area contributed by atoms with Gasteiger partial charge in [-0.05, 0) is 36.6 Å². The number of hydrogen-bond acceptors (Lipinski definition) is 6. The van der Waals surface area contributed by atoms with Crippen molar-refractivity contribution in [2.24, 2.45) is 0 Å². The van der Waals surface area contributed by atoms with E-state index in [-0.39, 0.29) is 19.0 Å². The van der Waals surface area contributed by atoms with Crippen molar-refractivity contribution in [3.8, 4) is 5.69 Å². The molecule has 7 nitrogen and oxygen atoms in total. The van der Waals surface area contributed by atoms with Crippen LogP contribution in [0.15, 0.2) is 36.8 Å². The smallest absolute Gasteiger partial charge is 0.355 e. The third kappa shape index (κ3) is 4.29. The standard InChI is InChI=1S/C21H21ClF3N7/c22-16-1-2-17-15(9-16)11-30(13-21(23,24)25)12-19-28-29-20(32(17)19)14-3-7-31(8-4-14)18-10-26-5-6-27-18/h1-2,5-6,9-10,14H,3-4,7-8,11-13H2. The zero-order valence-corrected chi connectivity index (χ0v) is 17.9. The Bertz CT molecular complexity index is 1090. The molecule has 0 saturated carbocycles. The summed E-state index contributed by atoms with van der Waals surface area (Å²) in [5.74, 6) is 2.29. The molecule has 32 heavy (non-hydrogen) atoms. The Labute approximate surface area is 187 Å². The van der Waals surface area contributed by atoms with Gasteiger partial charge in [0.25, 0.3) is 0 Å². The average molecular weight is 464 g/mol. The van der Waals surface area contributed by atoms with Crippen molar-refractivity contribution < 1.29 is 13.2 Å². The van der Waals surface area contributed by atoms with Gasteiger partial charge in [-0.15, -0.1) is 10.2 Å². The van der Waals surface area contributed by atoms with Crippen molar-refractivity contribution >= 4 is 17.4 Å². The van der Waals surface area contributed by atoms with Crippen LogP contribution in [0.1, 0.15) is 36.0 Å². The maximum Gasteiger partial charge on any atom is 0.401 e. The highest BCUT2D eigenvalue weighted by molar-refractivity contribution is 6.30. The van der Waals surface area contributed by atoms with Gasteiger partial charge in [-0.1, -0.05) is 11.6 Å². The highest BCUT2D eigenvalue weighted by atomic mass is 35.5. The van der Waals surface area contributed by atoms with Crippen LogP contribution in [-0.2, 0) is 13.1 Å². The van der Waals surface area contributed by atoms with Crippen molar-refractivity contribution in [1.29, 1.82) is 0 Å². The minimum Gasteiger partial charge on any atom is -0.355 e. The van der Waals surface area contributed by atoms with Gasteiger partial charge in [-0.25, -0.2) is 4.98 Å². The van der Waals surface area contributed by atoms with Crippen LogP contribution in [0, 0.1) is 0 Å². The van der Waals surface area contributed by atoms with E-state index in [0.717, 1.165) is 48.8 Å². The molecule has 0 amide bonds. The van der Waals surface area contributed by atoms with Crippen LogP contribution < -0.4 is 4.90 Å². The lowest BCUT2D eigenvalue weighted by Gasteiger charge is -2.32. The summed E-state index contributed by atoms with van der Waals surface area (Å²) >= 11 is 6.18. The number of anilines is 1. The molecular formula is C21H21ClF3N7. The van der Waals surface area contributed by atoms with Crippen LogP contribution in [0.5, 0.6) is 0 Å². The van der Waals surface area contributed by atoms with Gasteiger partial charge < -0.3 is 4.90 Å². The fourth-order valence-electron chi connectivity index (χ4n) is 4.54. The highest BCUT2D eigenvalue weighted by Gasteiger charge is 2.35. The highest BCUT2D eigenvalue weighted by Crippen LogP contribution is 2.34. The molecule has 2 aliphatic rings. The molecule has 2 aliphatic heterocycles. The average Bonchev–Trinajstić information content (AvgIpc) is 3.10. The third-order valence-electron chi connectivity index (χ3n) is 5.93. The summed E-state index contributed by atoms with van der Waals surface area (Å²) in [5, 5.41) is 9.24. The maximum absolute atomic E-state index is 13.2. The third-order valence-corrected chi connectivity index (χ3v) is 6.17. The van der Waals surface area contributed by atoms with E-state index in [0.29, 0.717) is 10.8 Å². The number of aromatic nitrogens is 5. The predicted octanol–water partition coefficient (Wildman–Crippen LogP) is 3.97. The zero-order valence-electron chi connectivity index (χ0n) is 17.1. The first-order valence-corrected chi connectivity index (χ1v) is 10.8. The number of rotatable bonds is 3. The first-order valence-electron chi connectivity index (χ1n) is 10.4. The SMILES string of the molecule is FC(F)(F)CN1Cc2cc(Cl)ccc2-n2c(nnc2C2CCN(c3cnccn3)CC2)C1. The fraction of sp³-hybridized carbons (Fsp3) is 0.429. The molecule has 0 spiro atoms. The molecule has 1 aromatic carbocycles. The molecule has 0 N–H and O–H groups in total. The van der Waals surface area contributed by atoms with E-state index in [1.54, 1.807) is 30.7 Å². The van der Waals surface area contributed by atoms with Crippen LogP contribution in [0.2, 0.25) is 5.02 Å². The lowest BCUT2D eigenvalue weighted by Crippen LogP contribution is -2.34. The lowest BCUT2D eigenvalue weighted by molar-refractivity contribution is -0.148. The molecule has 0 bridgehead atoms. The van der Waals surface area contributed by atoms with E-state index in [1.807, 2.05) is 10.6 Å². The van der Waals surface area contributed by atoms with E-state index >= 15 is 0 Å². The molecule has 1 saturated heterocycles. The summed E-state index contributed by atoms with van der Waals surface area (Å²) in [6, 6.07) is 5.33. The molecule has 0 atom stereocenters. The van der Waals surface area contributed by atoms with Gasteiger partial charge >= 0.3 is 6.18 Å². The molecule has 5 rings (SSSR count). The molecule has 2 aromatic heterocycles. The minimum atomic E-state index is -4.30. The van der Waals surface area contributed by atoms with E-state index < -0.39 is 12.7 Å². The Morgan fingerprint density at radius 3 is 2.59 bits per heavy atom. The molecule has 168 valence electrons. The summed E-state index contributed by atoms with van der Waals surface area (Å²) in [7, 11) is 0. The quantitative estimate of drug-likeness (QED) is 0.585. The van der Waals surface area contributed by atoms with Gasteiger partial charge in [0.1, 0.15) is 11.6 Å². The second-order valence-electron chi connectivity index (χ2n) is 8.17. The normalized spacial score (nSPS) is 17.7. The Morgan fingerprint density at radius 2 is 1.88 bits per heavy atom. The van der Waals surface area contributed by atoms with Crippen molar-refractivity contribution in [2.75, 3.05) is 24.5 Å². The molecule has 11 heteroatoms. The van der Waals surface area contributed by atoms with Crippen LogP contribution in [-0.4, -0.2) is 55.4 Å². The number of benzene rings is 1. The number of nitrogens with zero attached hydrogens (tertiary/aromatic N) is 7. The molecular weight excluding hydrogens is 443 g/mol. The van der Waals surface area contributed by atoms with Crippen LogP contribution >= 0.6 is 11.6 Å². The van der Waals surface area contributed by atoms with Crippen LogP contribution in [0.25, 0.3) is 5.69 Å². The summed E-state index contributed by atoms with van der Waals surface area (Å²) < 4.78 is 41.4. The van der Waals surface area contributed by atoms with Crippen molar-refractivity contribution in [2.45, 2.75) is 38.0 Å². The van der Waals surface area contributed by atoms with Gasteiger partial charge in [0.05, 0.1) is 25.0 Å². The van der Waals surface area contributed by atoms with Crippen LogP contribution in [0.3, 0.4) is 0 Å². The summed E-state index contributed by atoms with van der Waals surface area (Å²) in [4.78, 5) is 12.0. The van der Waals surface area contributed by atoms with E-state index in [2.05, 4.69) is 25.1 Å². The Morgan fingerprint density at radius 1 is 1.06 bits per heavy atom. The molecule has 0 unspecified atom stereocenters. The van der Waals surface area contributed by atoms with Gasteiger partial charge in [0.2, 0.25) is 0 Å². The number of fused-ring (bicyclic) bond motifs is 3. The minimum absolute atomic E-state index is 0.0667. The largest absolute Gasteiger partial charge is 0.401 e. The second kappa shape index (κ2) is 8.32. The van der Waals surface area contributed by atoms with E-state index in [9.17, 15) is 13.2 Å². The van der Waals surface area contributed by atoms with Crippen molar-refractivity contribution in [1.82, 2.24) is 29.6 Å². The fourth-order valence-corrected chi connectivity index (χ4v) is 4.74. The predicted molar refractivity (Wildman–Crippen MR) is 113 cm³/mol. The molecule has 4 heterocycles. The van der Waals surface area contributed by atoms with Gasteiger partial charge in [-0.2, -0.15) is 13.2 Å². The summed E-state index contributed by atoms with van der Waals surface area (Å²) in [5.41, 5.74) is 1.53. The molecule has 3 aromatic rings. The van der Waals surface area contributed by atoms with Gasteiger partial charge in [0.15, 0.2) is 5.82 Å². The molecule has 0 radical (unpaired) electrons. The zero-order chi connectivity index (χ0) is 22.3. The number of hydrogen-bond donors (Lipinski definition) is 0. The van der Waals surface area contributed by atoms with E-state index in [1.165, 1.54) is 4.90 Å². The Hall–Kier alpha value is -2.72. The summed E-state index contributed by atoms with van der Waals surface area (Å²) in [6.45, 7) is 0.774. The summed E-state index contributed by atoms with van der Waals surface area (Å²) in [6.07, 6.45) is 2.44. The van der Waals surface area contributed by atoms with Crippen LogP contribution in [0.4, 0.5) is 19.0 Å². The Balaban J connectivity index is 1.45. The Kier molecular flexibility index (Phi) is 5.50. The van der Waals surface area contributed by atoms with Crippen molar-refractivity contribution in [3.63, 3.8) is 0 Å². The first-order chi connectivity index (χ1) is 15.4. The lowest BCUT2D eigenvalue weighted by atomic mass is 9.95. The number of halogens is 4. The van der Waals surface area contributed by atoms with E-state index in [4.69, 9.17) is 11.6 Å². The first kappa shape index (κ1) is 21.1. The van der Waals surface area contributed by atoms with Gasteiger partial charge in [-0.3, -0.25) is 14.5 Å². The maximum atomic E-state index is 13.2. The topological polar surface area (TPSA) is 63.0 Å². The second-order valence-corrected chi connectivity index (χ2v) is 8.60. The van der Waals surface area contributed by atoms with Gasteiger partial charge in [0, 0.05) is 43.0 Å².